The molecule has 1 aromatic rings. The zero-order valence-corrected chi connectivity index (χ0v) is 14.9. The fourth-order valence-corrected chi connectivity index (χ4v) is 4.35. The molecule has 1 aromatic carbocycles. The van der Waals surface area contributed by atoms with Crippen LogP contribution in [-0.2, 0) is 20.8 Å². The van der Waals surface area contributed by atoms with Crippen LogP contribution in [0.1, 0.15) is 25.3 Å². The van der Waals surface area contributed by atoms with E-state index in [1.807, 2.05) is 42.2 Å². The maximum Gasteiger partial charge on any atom is 0.246 e. The Hall–Kier alpha value is -2.63. The van der Waals surface area contributed by atoms with Gasteiger partial charge in [-0.15, -0.1) is 0 Å². The van der Waals surface area contributed by atoms with Gasteiger partial charge in [0, 0.05) is 24.9 Å². The first-order chi connectivity index (χ1) is 12.5. The Balaban J connectivity index is 1.50. The quantitative estimate of drug-likeness (QED) is 0.816. The van der Waals surface area contributed by atoms with Crippen molar-refractivity contribution < 1.29 is 14.4 Å². The topological polar surface area (TPSA) is 69.7 Å². The van der Waals surface area contributed by atoms with Gasteiger partial charge < -0.3 is 15.1 Å². The van der Waals surface area contributed by atoms with Gasteiger partial charge >= 0.3 is 0 Å². The number of amides is 2. The normalized spacial score (nSPS) is 28.7. The van der Waals surface area contributed by atoms with Crippen LogP contribution in [-0.4, -0.2) is 58.6 Å². The highest BCUT2D eigenvalue weighted by Gasteiger charge is 2.44. The van der Waals surface area contributed by atoms with Crippen molar-refractivity contribution in [1.82, 2.24) is 15.1 Å². The molecular formula is C20H23N3O3. The number of carbonyl (C=O) groups excluding carboxylic acids is 3. The highest BCUT2D eigenvalue weighted by Crippen LogP contribution is 2.29. The van der Waals surface area contributed by atoms with Crippen molar-refractivity contribution in [2.45, 2.75) is 44.3 Å². The number of nitrogens with one attached hydrogen (secondary N) is 1. The number of likely N-dealkylation sites (tertiary alicyclic amines) is 2. The molecule has 0 saturated carbocycles. The molecule has 6 heteroatoms. The van der Waals surface area contributed by atoms with Crippen LogP contribution in [0, 0.1) is 0 Å². The fourth-order valence-electron chi connectivity index (χ4n) is 4.35. The van der Waals surface area contributed by atoms with E-state index in [4.69, 9.17) is 0 Å². The maximum atomic E-state index is 12.5. The second kappa shape index (κ2) is 6.59. The van der Waals surface area contributed by atoms with E-state index in [0.29, 0.717) is 13.0 Å². The monoisotopic (exact) mass is 353 g/mol. The number of carbonyl (C=O) groups is 3. The lowest BCUT2D eigenvalue weighted by molar-refractivity contribution is -0.131. The van der Waals surface area contributed by atoms with Gasteiger partial charge in [-0.2, -0.15) is 0 Å². The van der Waals surface area contributed by atoms with Gasteiger partial charge in [0.25, 0.3) is 0 Å². The summed E-state index contributed by atoms with van der Waals surface area (Å²) in [6.07, 6.45) is 3.04. The molecule has 3 aliphatic heterocycles. The van der Waals surface area contributed by atoms with Gasteiger partial charge in [-0.1, -0.05) is 30.3 Å². The van der Waals surface area contributed by atoms with Gasteiger partial charge in [0.15, 0.2) is 5.78 Å². The van der Waals surface area contributed by atoms with Crippen molar-refractivity contribution in [3.8, 4) is 0 Å². The number of Topliss-reactive ketones (excluding diaryl/α,β-unsaturated/α-hetero) is 1. The van der Waals surface area contributed by atoms with Crippen LogP contribution in [0.4, 0.5) is 0 Å². The zero-order chi connectivity index (χ0) is 18.3. The first kappa shape index (κ1) is 16.8. The Morgan fingerprint density at radius 1 is 1.15 bits per heavy atom. The summed E-state index contributed by atoms with van der Waals surface area (Å²) >= 11 is 0. The first-order valence-electron chi connectivity index (χ1n) is 9.18. The molecule has 0 radical (unpaired) electrons. The van der Waals surface area contributed by atoms with Crippen LogP contribution in [0.15, 0.2) is 42.1 Å². The van der Waals surface area contributed by atoms with E-state index in [1.165, 1.54) is 0 Å². The predicted octanol–water partition coefficient (Wildman–Crippen LogP) is 0.876. The molecule has 2 fully saturated rings. The largest absolute Gasteiger partial charge is 0.371 e. The van der Waals surface area contributed by atoms with E-state index < -0.39 is 0 Å². The number of hydrogen-bond donors (Lipinski definition) is 1. The minimum absolute atomic E-state index is 0.00252. The van der Waals surface area contributed by atoms with Crippen LogP contribution in [0.3, 0.4) is 0 Å². The fraction of sp³-hybridized carbons (Fsp3) is 0.450. The minimum atomic E-state index is -0.371. The molecule has 26 heavy (non-hydrogen) atoms. The number of ketones is 1. The maximum absolute atomic E-state index is 12.5. The van der Waals surface area contributed by atoms with E-state index >= 15 is 0 Å². The molecule has 2 amide bonds. The molecule has 2 saturated heterocycles. The van der Waals surface area contributed by atoms with E-state index in [9.17, 15) is 14.4 Å². The predicted molar refractivity (Wildman–Crippen MR) is 96.1 cm³/mol. The third-order valence-electron chi connectivity index (χ3n) is 5.60. The molecule has 1 unspecified atom stereocenters. The first-order valence-corrected chi connectivity index (χ1v) is 9.18. The van der Waals surface area contributed by atoms with Crippen LogP contribution in [0.2, 0.25) is 0 Å². The Kier molecular flexibility index (Phi) is 4.26. The Morgan fingerprint density at radius 2 is 1.92 bits per heavy atom. The Labute approximate surface area is 152 Å². The zero-order valence-electron chi connectivity index (χ0n) is 14.9. The van der Waals surface area contributed by atoms with Gasteiger partial charge in [-0.25, -0.2) is 0 Å². The molecule has 3 heterocycles. The van der Waals surface area contributed by atoms with Gasteiger partial charge in [0.2, 0.25) is 11.8 Å². The number of hydrogen-bond acceptors (Lipinski definition) is 4. The molecule has 0 aliphatic carbocycles. The molecule has 3 atom stereocenters. The Morgan fingerprint density at radius 3 is 2.62 bits per heavy atom. The molecule has 0 aromatic heterocycles. The lowest BCUT2D eigenvalue weighted by Gasteiger charge is -2.31. The molecule has 6 nitrogen and oxygen atoms in total. The minimum Gasteiger partial charge on any atom is -0.371 e. The smallest absolute Gasteiger partial charge is 0.246 e. The average molecular weight is 353 g/mol. The van der Waals surface area contributed by atoms with E-state index in [0.717, 1.165) is 24.2 Å². The van der Waals surface area contributed by atoms with Gasteiger partial charge in [-0.05, 0) is 25.3 Å². The van der Waals surface area contributed by atoms with E-state index in [2.05, 4.69) is 10.2 Å². The van der Waals surface area contributed by atoms with Crippen molar-refractivity contribution >= 4 is 17.6 Å². The van der Waals surface area contributed by atoms with Crippen LogP contribution >= 0.6 is 0 Å². The van der Waals surface area contributed by atoms with Gasteiger partial charge in [-0.3, -0.25) is 14.4 Å². The molecule has 0 bridgehead atoms. The molecular weight excluding hydrogens is 330 g/mol. The highest BCUT2D eigenvalue weighted by atomic mass is 16.2. The second-order valence-corrected chi connectivity index (χ2v) is 7.34. The summed E-state index contributed by atoms with van der Waals surface area (Å²) in [5.41, 5.74) is 2.05. The van der Waals surface area contributed by atoms with Crippen LogP contribution in [0.25, 0.3) is 0 Å². The molecule has 0 spiro atoms. The highest BCUT2D eigenvalue weighted by molar-refractivity contribution is 6.07. The summed E-state index contributed by atoms with van der Waals surface area (Å²) < 4.78 is 0. The lowest BCUT2D eigenvalue weighted by Crippen LogP contribution is -2.46. The van der Waals surface area contributed by atoms with E-state index in [-0.39, 0.29) is 42.1 Å². The summed E-state index contributed by atoms with van der Waals surface area (Å²) in [7, 11) is 0. The SMILES string of the molecule is C[C@@H]1NC(=O)C=C1N1CCC(N2C(=O)CC(=O)[C@@H]2Cc2ccccc2)C1. The summed E-state index contributed by atoms with van der Waals surface area (Å²) in [5, 5.41) is 2.88. The summed E-state index contributed by atoms with van der Waals surface area (Å²) in [4.78, 5) is 40.5. The van der Waals surface area contributed by atoms with Crippen molar-refractivity contribution in [2.24, 2.45) is 0 Å². The number of benzene rings is 1. The Bertz CT molecular complexity index is 774. The van der Waals surface area contributed by atoms with Crippen LogP contribution < -0.4 is 5.32 Å². The van der Waals surface area contributed by atoms with Gasteiger partial charge in [0.05, 0.1) is 24.5 Å². The third kappa shape index (κ3) is 3.00. The average Bonchev–Trinajstić information content (AvgIpc) is 3.27. The van der Waals surface area contributed by atoms with Crippen molar-refractivity contribution in [2.75, 3.05) is 13.1 Å². The van der Waals surface area contributed by atoms with Crippen molar-refractivity contribution in [1.29, 1.82) is 0 Å². The van der Waals surface area contributed by atoms with E-state index in [1.54, 1.807) is 6.08 Å². The molecule has 136 valence electrons. The van der Waals surface area contributed by atoms with Crippen molar-refractivity contribution in [3.63, 3.8) is 0 Å². The second-order valence-electron chi connectivity index (χ2n) is 7.34. The molecule has 1 N–H and O–H groups in total. The van der Waals surface area contributed by atoms with Gasteiger partial charge in [0.1, 0.15) is 0 Å². The summed E-state index contributed by atoms with van der Waals surface area (Å²) in [6.45, 7) is 3.44. The molecule has 4 rings (SSSR count). The standard InChI is InChI=1S/C20H23N3O3/c1-13-16(10-19(25)21-13)22-8-7-15(12-22)23-17(18(24)11-20(23)26)9-14-5-3-2-4-6-14/h2-6,10,13,15,17H,7-9,11-12H2,1H3,(H,21,25)/t13-,15?,17-/m0/s1. The number of rotatable bonds is 4. The lowest BCUT2D eigenvalue weighted by atomic mass is 10.0. The van der Waals surface area contributed by atoms with Crippen LogP contribution in [0.5, 0.6) is 0 Å². The number of nitrogens with zero attached hydrogens (tertiary/aromatic N) is 2. The molecule has 3 aliphatic rings. The van der Waals surface area contributed by atoms with Crippen molar-refractivity contribution in [3.05, 3.63) is 47.7 Å². The third-order valence-corrected chi connectivity index (χ3v) is 5.60. The summed E-state index contributed by atoms with van der Waals surface area (Å²) in [6, 6.07) is 9.50. The summed E-state index contributed by atoms with van der Waals surface area (Å²) in [5.74, 6) is -0.113.